The van der Waals surface area contributed by atoms with Gasteiger partial charge in [0.2, 0.25) is 0 Å². The van der Waals surface area contributed by atoms with Crippen LogP contribution in [0, 0.1) is 5.92 Å². The number of hydrogen-bond acceptors (Lipinski definition) is 2. The van der Waals surface area contributed by atoms with Gasteiger partial charge in [0.25, 0.3) is 5.91 Å². The molecule has 0 saturated carbocycles. The molecule has 0 N–H and O–H groups in total. The largest absolute Gasteiger partial charge is 0.372 e. The van der Waals surface area contributed by atoms with Crippen molar-refractivity contribution in [3.8, 4) is 0 Å². The number of benzene rings is 2. The Labute approximate surface area is 143 Å². The number of fused-ring (bicyclic) bond motifs is 1. The fourth-order valence-electron chi connectivity index (χ4n) is 3.96. The predicted molar refractivity (Wildman–Crippen MR) is 98.9 cm³/mol. The zero-order valence-electron chi connectivity index (χ0n) is 14.2. The molecular weight excluding hydrogens is 296 g/mol. The van der Waals surface area contributed by atoms with Gasteiger partial charge < -0.3 is 9.80 Å². The van der Waals surface area contributed by atoms with Crippen LogP contribution < -0.4 is 9.80 Å². The molecule has 1 unspecified atom stereocenters. The number of nitrogens with zero attached hydrogens (tertiary/aromatic N) is 2. The highest BCUT2D eigenvalue weighted by atomic mass is 16.2. The van der Waals surface area contributed by atoms with E-state index >= 15 is 0 Å². The lowest BCUT2D eigenvalue weighted by Gasteiger charge is -2.33. The zero-order chi connectivity index (χ0) is 16.5. The normalized spacial score (nSPS) is 20.1. The van der Waals surface area contributed by atoms with E-state index in [2.05, 4.69) is 42.2 Å². The first kappa shape index (κ1) is 15.3. The highest BCUT2D eigenvalue weighted by molar-refractivity contribution is 6.07. The fraction of sp³-hybridized carbons (Fsp3) is 0.381. The molecular formula is C21H24N2O. The average molecular weight is 320 g/mol. The van der Waals surface area contributed by atoms with Crippen LogP contribution in [0.3, 0.4) is 0 Å². The van der Waals surface area contributed by atoms with E-state index in [1.165, 1.54) is 24.1 Å². The number of carbonyl (C=O) groups is 1. The summed E-state index contributed by atoms with van der Waals surface area (Å²) in [6, 6.07) is 16.5. The summed E-state index contributed by atoms with van der Waals surface area (Å²) in [6.45, 7) is 5.21. The SMILES string of the molecule is CC1Cc2ccccc2N(C(=O)c2cccc(N3CCCC3)c2)C1. The van der Waals surface area contributed by atoms with Crippen LogP contribution in [0.5, 0.6) is 0 Å². The molecule has 2 aliphatic heterocycles. The second-order valence-corrected chi connectivity index (χ2v) is 7.10. The third kappa shape index (κ3) is 2.79. The molecule has 1 saturated heterocycles. The van der Waals surface area contributed by atoms with Gasteiger partial charge in [0.1, 0.15) is 0 Å². The summed E-state index contributed by atoms with van der Waals surface area (Å²) >= 11 is 0. The fourth-order valence-corrected chi connectivity index (χ4v) is 3.96. The van der Waals surface area contributed by atoms with Gasteiger partial charge in [-0.15, -0.1) is 0 Å². The Kier molecular flexibility index (Phi) is 4.01. The molecule has 2 aromatic rings. The van der Waals surface area contributed by atoms with Crippen molar-refractivity contribution >= 4 is 17.3 Å². The van der Waals surface area contributed by atoms with E-state index in [1.54, 1.807) is 0 Å². The molecule has 2 aliphatic rings. The molecule has 1 fully saturated rings. The molecule has 0 bridgehead atoms. The summed E-state index contributed by atoms with van der Waals surface area (Å²) in [7, 11) is 0. The van der Waals surface area contributed by atoms with Crippen LogP contribution in [-0.2, 0) is 6.42 Å². The minimum absolute atomic E-state index is 0.120. The maximum Gasteiger partial charge on any atom is 0.258 e. The van der Waals surface area contributed by atoms with E-state index in [1.807, 2.05) is 23.1 Å². The number of amides is 1. The average Bonchev–Trinajstić information content (AvgIpc) is 3.15. The first-order chi connectivity index (χ1) is 11.7. The summed E-state index contributed by atoms with van der Waals surface area (Å²) in [5, 5.41) is 0. The van der Waals surface area contributed by atoms with E-state index in [-0.39, 0.29) is 5.91 Å². The van der Waals surface area contributed by atoms with Gasteiger partial charge in [-0.3, -0.25) is 4.79 Å². The monoisotopic (exact) mass is 320 g/mol. The molecule has 0 aliphatic carbocycles. The predicted octanol–water partition coefficient (Wildman–Crippen LogP) is 4.13. The van der Waals surface area contributed by atoms with E-state index < -0.39 is 0 Å². The molecule has 3 heteroatoms. The van der Waals surface area contributed by atoms with Gasteiger partial charge in [-0.2, -0.15) is 0 Å². The molecule has 0 aromatic heterocycles. The van der Waals surface area contributed by atoms with Crippen LogP contribution in [0.1, 0.15) is 35.7 Å². The van der Waals surface area contributed by atoms with Crippen molar-refractivity contribution in [1.82, 2.24) is 0 Å². The van der Waals surface area contributed by atoms with E-state index in [0.717, 1.165) is 37.3 Å². The molecule has 4 rings (SSSR count). The summed E-state index contributed by atoms with van der Waals surface area (Å²) in [4.78, 5) is 17.5. The number of para-hydroxylation sites is 1. The number of carbonyl (C=O) groups excluding carboxylic acids is 1. The molecule has 124 valence electrons. The highest BCUT2D eigenvalue weighted by Gasteiger charge is 2.27. The lowest BCUT2D eigenvalue weighted by atomic mass is 9.93. The van der Waals surface area contributed by atoms with Crippen LogP contribution >= 0.6 is 0 Å². The van der Waals surface area contributed by atoms with Gasteiger partial charge in [-0.25, -0.2) is 0 Å². The van der Waals surface area contributed by atoms with E-state index in [4.69, 9.17) is 0 Å². The second-order valence-electron chi connectivity index (χ2n) is 7.10. The number of hydrogen-bond donors (Lipinski definition) is 0. The van der Waals surface area contributed by atoms with Gasteiger partial charge in [0, 0.05) is 36.6 Å². The third-order valence-electron chi connectivity index (χ3n) is 5.15. The Morgan fingerprint density at radius 3 is 2.67 bits per heavy atom. The second kappa shape index (κ2) is 6.31. The Bertz CT molecular complexity index is 749. The molecule has 0 spiro atoms. The zero-order valence-corrected chi connectivity index (χ0v) is 14.2. The minimum Gasteiger partial charge on any atom is -0.372 e. The smallest absolute Gasteiger partial charge is 0.258 e. The van der Waals surface area contributed by atoms with Crippen molar-refractivity contribution in [2.24, 2.45) is 5.92 Å². The summed E-state index contributed by atoms with van der Waals surface area (Å²) in [5.41, 5.74) is 4.33. The first-order valence-electron chi connectivity index (χ1n) is 8.97. The van der Waals surface area contributed by atoms with Crippen LogP contribution in [0.15, 0.2) is 48.5 Å². The molecule has 2 heterocycles. The highest BCUT2D eigenvalue weighted by Crippen LogP contribution is 2.31. The first-order valence-corrected chi connectivity index (χ1v) is 8.97. The summed E-state index contributed by atoms with van der Waals surface area (Å²) in [6.07, 6.45) is 3.54. The van der Waals surface area contributed by atoms with Crippen LogP contribution in [-0.4, -0.2) is 25.5 Å². The Hall–Kier alpha value is -2.29. The van der Waals surface area contributed by atoms with Gasteiger partial charge in [-0.1, -0.05) is 31.2 Å². The lowest BCUT2D eigenvalue weighted by Crippen LogP contribution is -2.39. The topological polar surface area (TPSA) is 23.6 Å². The third-order valence-corrected chi connectivity index (χ3v) is 5.15. The molecule has 24 heavy (non-hydrogen) atoms. The summed E-state index contributed by atoms with van der Waals surface area (Å²) in [5.74, 6) is 0.612. The van der Waals surface area contributed by atoms with Crippen LogP contribution in [0.4, 0.5) is 11.4 Å². The minimum atomic E-state index is 0.120. The van der Waals surface area contributed by atoms with Crippen LogP contribution in [0.2, 0.25) is 0 Å². The van der Waals surface area contributed by atoms with Crippen molar-refractivity contribution < 1.29 is 4.79 Å². The van der Waals surface area contributed by atoms with Gasteiger partial charge in [0.05, 0.1) is 0 Å². The van der Waals surface area contributed by atoms with Crippen LogP contribution in [0.25, 0.3) is 0 Å². The van der Waals surface area contributed by atoms with Crippen molar-refractivity contribution in [1.29, 1.82) is 0 Å². The van der Waals surface area contributed by atoms with Crippen molar-refractivity contribution in [3.63, 3.8) is 0 Å². The molecule has 0 radical (unpaired) electrons. The van der Waals surface area contributed by atoms with Gasteiger partial charge >= 0.3 is 0 Å². The maximum atomic E-state index is 13.2. The Balaban J connectivity index is 1.65. The van der Waals surface area contributed by atoms with Crippen molar-refractivity contribution in [2.75, 3.05) is 29.4 Å². The van der Waals surface area contributed by atoms with Gasteiger partial charge in [-0.05, 0) is 55.0 Å². The van der Waals surface area contributed by atoms with Crippen molar-refractivity contribution in [3.05, 3.63) is 59.7 Å². The summed E-state index contributed by atoms with van der Waals surface area (Å²) < 4.78 is 0. The number of anilines is 2. The molecule has 1 atom stereocenters. The Morgan fingerprint density at radius 2 is 1.83 bits per heavy atom. The van der Waals surface area contributed by atoms with Gasteiger partial charge in [0.15, 0.2) is 0 Å². The quantitative estimate of drug-likeness (QED) is 0.831. The van der Waals surface area contributed by atoms with Crippen molar-refractivity contribution in [2.45, 2.75) is 26.2 Å². The number of rotatable bonds is 2. The molecule has 2 aromatic carbocycles. The lowest BCUT2D eigenvalue weighted by molar-refractivity contribution is 0.0981. The maximum absolute atomic E-state index is 13.2. The van der Waals surface area contributed by atoms with E-state index in [9.17, 15) is 4.79 Å². The molecule has 1 amide bonds. The molecule has 3 nitrogen and oxygen atoms in total. The van der Waals surface area contributed by atoms with E-state index in [0.29, 0.717) is 5.92 Å². The standard InChI is InChI=1S/C21H24N2O/c1-16-13-17-7-2-3-10-20(17)23(15-16)21(24)18-8-6-9-19(14-18)22-11-4-5-12-22/h2-3,6-10,14,16H,4-5,11-13,15H2,1H3. The Morgan fingerprint density at radius 1 is 1.04 bits per heavy atom.